The summed E-state index contributed by atoms with van der Waals surface area (Å²) in [6, 6.07) is 6.56. The fourth-order valence-electron chi connectivity index (χ4n) is 4.17. The van der Waals surface area contributed by atoms with E-state index >= 15 is 0 Å². The van der Waals surface area contributed by atoms with E-state index in [4.69, 9.17) is 24.1 Å². The van der Waals surface area contributed by atoms with Gasteiger partial charge in [0, 0.05) is 42.5 Å². The summed E-state index contributed by atoms with van der Waals surface area (Å²) in [5.74, 6) is -0.0536. The first-order valence-electron chi connectivity index (χ1n) is 13.0. The van der Waals surface area contributed by atoms with Crippen molar-refractivity contribution < 1.29 is 27.9 Å². The van der Waals surface area contributed by atoms with E-state index in [2.05, 4.69) is 20.7 Å². The van der Waals surface area contributed by atoms with E-state index in [0.29, 0.717) is 34.1 Å². The van der Waals surface area contributed by atoms with Crippen LogP contribution in [0.4, 0.5) is 17.2 Å². The van der Waals surface area contributed by atoms with Crippen molar-refractivity contribution in [1.29, 1.82) is 0 Å². The lowest BCUT2D eigenvalue weighted by atomic mass is 10.1. The number of rotatable bonds is 9. The molecule has 1 aromatic carbocycles. The molecule has 1 aliphatic heterocycles. The molecule has 2 amide bonds. The highest BCUT2D eigenvalue weighted by Gasteiger charge is 2.31. The molecule has 11 heteroatoms. The lowest BCUT2D eigenvalue weighted by Crippen LogP contribution is -2.24. The summed E-state index contributed by atoms with van der Waals surface area (Å²) in [6.07, 6.45) is 5.74. The minimum Gasteiger partial charge on any atom is -0.494 e. The zero-order valence-electron chi connectivity index (χ0n) is 22.6. The van der Waals surface area contributed by atoms with Gasteiger partial charge in [-0.1, -0.05) is 12.1 Å². The van der Waals surface area contributed by atoms with Gasteiger partial charge >= 0.3 is 0 Å². The number of nitrogens with two attached hydrogens (primary N) is 1. The van der Waals surface area contributed by atoms with Crippen LogP contribution in [-0.4, -0.2) is 60.0 Å². The minimum atomic E-state index is -2.55. The molecule has 2 fully saturated rings. The lowest BCUT2D eigenvalue weighted by Gasteiger charge is -2.17. The molecule has 1 aliphatic carbocycles. The molecule has 188 valence electrons. The number of nitrogens with zero attached hydrogens (tertiary/aromatic N) is 3. The lowest BCUT2D eigenvalue weighted by molar-refractivity contribution is -0.117. The highest BCUT2D eigenvalue weighted by molar-refractivity contribution is 6.01. The summed E-state index contributed by atoms with van der Waals surface area (Å²) >= 11 is 0. The van der Waals surface area contributed by atoms with E-state index in [1.807, 2.05) is 6.07 Å². The second-order valence-electron chi connectivity index (χ2n) is 8.72. The summed E-state index contributed by atoms with van der Waals surface area (Å²) < 4.78 is 40.3. The number of primary amides is 1. The predicted molar refractivity (Wildman–Crippen MR) is 132 cm³/mol. The molecular formula is C25H28N6O5. The van der Waals surface area contributed by atoms with Crippen molar-refractivity contribution in [2.24, 2.45) is 11.7 Å². The molecule has 11 nitrogen and oxygen atoms in total. The topological polar surface area (TPSA) is 143 Å². The monoisotopic (exact) mass is 495 g/mol. The molecule has 2 aliphatic rings. The SMILES string of the molecule is [2H]C([2H])([2H])O[C@H]1COC[C@@H]1n1cc(-c2cccc(Nc3cc(NC(=O)C4CC4)ncc3C(N)=O)c2OC)cn1. The van der Waals surface area contributed by atoms with E-state index in [1.165, 1.54) is 13.3 Å². The van der Waals surface area contributed by atoms with Crippen LogP contribution in [0.1, 0.15) is 33.4 Å². The van der Waals surface area contributed by atoms with Crippen LogP contribution in [0.15, 0.2) is 42.9 Å². The molecule has 2 aromatic heterocycles. The summed E-state index contributed by atoms with van der Waals surface area (Å²) in [5, 5.41) is 10.4. The summed E-state index contributed by atoms with van der Waals surface area (Å²) in [5.41, 5.74) is 8.00. The molecule has 0 radical (unpaired) electrons. The summed E-state index contributed by atoms with van der Waals surface area (Å²) in [4.78, 5) is 28.5. The van der Waals surface area contributed by atoms with Crippen LogP contribution in [0.25, 0.3) is 11.1 Å². The summed E-state index contributed by atoms with van der Waals surface area (Å²) in [6.45, 7) is 0.413. The van der Waals surface area contributed by atoms with Gasteiger partial charge in [0.2, 0.25) is 5.91 Å². The van der Waals surface area contributed by atoms with Gasteiger partial charge in [0.15, 0.2) is 0 Å². The number of hydrogen-bond acceptors (Lipinski definition) is 8. The molecule has 0 bridgehead atoms. The van der Waals surface area contributed by atoms with Crippen molar-refractivity contribution in [3.05, 3.63) is 48.4 Å². The number of aromatic nitrogens is 3. The smallest absolute Gasteiger partial charge is 0.252 e. The fourth-order valence-corrected chi connectivity index (χ4v) is 4.17. The number of benzene rings is 1. The third-order valence-electron chi connectivity index (χ3n) is 6.26. The van der Waals surface area contributed by atoms with Crippen molar-refractivity contribution in [2.45, 2.75) is 25.0 Å². The number of carbonyl (C=O) groups excluding carboxylic acids is 2. The predicted octanol–water partition coefficient (Wildman–Crippen LogP) is 2.73. The number of methoxy groups -OCH3 is 2. The molecule has 3 heterocycles. The first-order chi connectivity index (χ1) is 18.6. The average Bonchev–Trinajstić information content (AvgIpc) is 3.46. The van der Waals surface area contributed by atoms with Gasteiger partial charge in [0.05, 0.1) is 47.6 Å². The van der Waals surface area contributed by atoms with Crippen molar-refractivity contribution in [3.8, 4) is 16.9 Å². The molecule has 1 saturated heterocycles. The summed E-state index contributed by atoms with van der Waals surface area (Å²) in [7, 11) is -1.03. The highest BCUT2D eigenvalue weighted by Crippen LogP contribution is 2.39. The number of anilines is 3. The van der Waals surface area contributed by atoms with Crippen LogP contribution >= 0.6 is 0 Å². The van der Waals surface area contributed by atoms with E-state index in [-0.39, 0.29) is 30.6 Å². The zero-order chi connectivity index (χ0) is 27.7. The van der Waals surface area contributed by atoms with Crippen molar-refractivity contribution >= 4 is 29.0 Å². The van der Waals surface area contributed by atoms with Crippen LogP contribution in [0, 0.1) is 5.92 Å². The maximum atomic E-state index is 12.2. The Bertz CT molecular complexity index is 1390. The number of carbonyl (C=O) groups is 2. The van der Waals surface area contributed by atoms with Gasteiger partial charge in [-0.3, -0.25) is 14.3 Å². The average molecular weight is 496 g/mol. The molecular weight excluding hydrogens is 464 g/mol. The Labute approximate surface area is 212 Å². The zero-order valence-corrected chi connectivity index (χ0v) is 19.6. The van der Waals surface area contributed by atoms with Gasteiger partial charge in [0.25, 0.3) is 5.91 Å². The Hall–Kier alpha value is -3.96. The molecule has 4 N–H and O–H groups in total. The van der Waals surface area contributed by atoms with E-state index in [0.717, 1.165) is 12.8 Å². The molecule has 0 unspecified atom stereocenters. The largest absolute Gasteiger partial charge is 0.494 e. The molecule has 36 heavy (non-hydrogen) atoms. The second kappa shape index (κ2) is 9.96. The maximum absolute atomic E-state index is 12.2. The Kier molecular flexibility index (Phi) is 5.60. The number of para-hydroxylation sites is 1. The third kappa shape index (κ3) is 4.75. The van der Waals surface area contributed by atoms with E-state index in [1.54, 1.807) is 35.3 Å². The van der Waals surface area contributed by atoms with E-state index < -0.39 is 25.1 Å². The third-order valence-corrected chi connectivity index (χ3v) is 6.26. The van der Waals surface area contributed by atoms with Crippen LogP contribution < -0.4 is 21.1 Å². The van der Waals surface area contributed by atoms with Crippen LogP contribution in [0.2, 0.25) is 0 Å². The number of nitrogens with one attached hydrogen (secondary N) is 2. The Morgan fingerprint density at radius 3 is 2.86 bits per heavy atom. The molecule has 3 aromatic rings. The van der Waals surface area contributed by atoms with Crippen LogP contribution in [0.5, 0.6) is 5.75 Å². The van der Waals surface area contributed by atoms with Crippen LogP contribution in [-0.2, 0) is 14.3 Å². The molecule has 5 rings (SSSR count). The van der Waals surface area contributed by atoms with Crippen molar-refractivity contribution in [3.63, 3.8) is 0 Å². The van der Waals surface area contributed by atoms with Gasteiger partial charge in [-0.25, -0.2) is 4.98 Å². The standard InChI is InChI=1S/C25H28N6O5/c1-34-21-13-36-12-20(21)31-11-15(9-28-31)16-4-3-5-18(23(16)35-2)29-19-8-22(27-10-17(19)24(26)32)30-25(33)14-6-7-14/h3-5,8-11,14,20-21H,6-7,12-13H2,1-2H3,(H2,26,32)(H2,27,29,30,33)/t20-,21-/m0/s1/i1D3. The van der Waals surface area contributed by atoms with Crippen molar-refractivity contribution in [1.82, 2.24) is 14.8 Å². The van der Waals surface area contributed by atoms with Crippen molar-refractivity contribution in [2.75, 3.05) is 38.0 Å². The molecule has 1 saturated carbocycles. The minimum absolute atomic E-state index is 0.0113. The van der Waals surface area contributed by atoms with Crippen LogP contribution in [0.3, 0.4) is 0 Å². The second-order valence-corrected chi connectivity index (χ2v) is 8.72. The Morgan fingerprint density at radius 2 is 2.11 bits per heavy atom. The van der Waals surface area contributed by atoms with Gasteiger partial charge < -0.3 is 30.6 Å². The maximum Gasteiger partial charge on any atom is 0.252 e. The van der Waals surface area contributed by atoms with Gasteiger partial charge in [-0.2, -0.15) is 5.10 Å². The number of amides is 2. The normalized spacial score (nSPS) is 20.8. The van der Waals surface area contributed by atoms with Gasteiger partial charge in [-0.15, -0.1) is 0 Å². The highest BCUT2D eigenvalue weighted by atomic mass is 16.5. The first-order valence-corrected chi connectivity index (χ1v) is 11.5. The van der Waals surface area contributed by atoms with Gasteiger partial charge in [0.1, 0.15) is 23.7 Å². The first kappa shape index (κ1) is 20.3. The number of pyridine rings is 1. The Balaban J connectivity index is 1.43. The molecule has 2 atom stereocenters. The Morgan fingerprint density at radius 1 is 1.25 bits per heavy atom. The molecule has 0 spiro atoms. The quantitative estimate of drug-likeness (QED) is 0.411. The van der Waals surface area contributed by atoms with E-state index in [9.17, 15) is 9.59 Å². The number of hydrogen-bond donors (Lipinski definition) is 3. The van der Waals surface area contributed by atoms with Gasteiger partial charge in [-0.05, 0) is 18.9 Å². The number of ether oxygens (including phenoxy) is 3. The fraction of sp³-hybridized carbons (Fsp3) is 0.360.